The van der Waals surface area contributed by atoms with Gasteiger partial charge >= 0.3 is 5.97 Å². The van der Waals surface area contributed by atoms with E-state index in [9.17, 15) is 24.0 Å². The van der Waals surface area contributed by atoms with Crippen molar-refractivity contribution in [3.63, 3.8) is 0 Å². The first kappa shape index (κ1) is 53.3. The topological polar surface area (TPSA) is 188 Å². The summed E-state index contributed by atoms with van der Waals surface area (Å²) in [6.45, 7) is 16.5. The number of benzene rings is 4. The lowest BCUT2D eigenvalue weighted by Gasteiger charge is -2.38. The number of aryl methyl sites for hydroxylation is 2. The minimum absolute atomic E-state index is 0.153. The van der Waals surface area contributed by atoms with Crippen molar-refractivity contribution in [2.45, 2.75) is 71.4 Å². The van der Waals surface area contributed by atoms with Crippen LogP contribution in [0.1, 0.15) is 89.2 Å². The molecular weight excluding hydrogens is 1020 g/mol. The zero-order valence-electron chi connectivity index (χ0n) is 45.5. The Morgan fingerprint density at radius 2 is 1.58 bits per heavy atom. The van der Waals surface area contributed by atoms with E-state index >= 15 is 0 Å². The van der Waals surface area contributed by atoms with Gasteiger partial charge in [-0.25, -0.2) is 14.8 Å². The number of imide groups is 1. The first-order chi connectivity index (χ1) is 38.1. The number of hydrogen-bond acceptors (Lipinski definition) is 15. The SMILES string of the molecule is Cc1cc(OCCCN2CCN(CC(=O)N3CCN(c4cccc5c(C6CCC(=O)NC6=O)nn(C)c45)CC3)CC2)ccc1-c1ccc(N2CCc3cccc(C(=O)Nc4nc5ccccc5s4)c3C2)nc1C(=O)OC(C)(C)C. The fraction of sp³-hybridized carbons (Fsp3) is 0.400. The van der Waals surface area contributed by atoms with E-state index in [2.05, 4.69) is 47.3 Å². The number of rotatable bonds is 14. The lowest BCUT2D eigenvalue weighted by molar-refractivity contribution is -0.135. The van der Waals surface area contributed by atoms with Gasteiger partial charge in [0.05, 0.1) is 46.2 Å². The molecule has 3 saturated heterocycles. The molecule has 4 aliphatic heterocycles. The van der Waals surface area contributed by atoms with Crippen molar-refractivity contribution < 1.29 is 33.4 Å². The number of piperazine rings is 2. The Hall–Kier alpha value is -7.74. The fourth-order valence-electron chi connectivity index (χ4n) is 11.4. The number of fused-ring (bicyclic) bond motifs is 3. The number of aromatic nitrogens is 4. The lowest BCUT2D eigenvalue weighted by Crippen LogP contribution is -2.54. The van der Waals surface area contributed by atoms with E-state index in [0.717, 1.165) is 94.0 Å². The Morgan fingerprint density at radius 1 is 0.810 bits per heavy atom. The van der Waals surface area contributed by atoms with Gasteiger partial charge in [-0.3, -0.25) is 39.4 Å². The van der Waals surface area contributed by atoms with Gasteiger partial charge in [0.1, 0.15) is 17.2 Å². The number of anilines is 3. The quantitative estimate of drug-likeness (QED) is 0.0617. The monoisotopic (exact) mass is 1090 g/mol. The number of hydrogen-bond donors (Lipinski definition) is 2. The van der Waals surface area contributed by atoms with Crippen LogP contribution < -0.4 is 25.2 Å². The minimum Gasteiger partial charge on any atom is -0.494 e. The average Bonchev–Trinajstić information content (AvgIpc) is 4.20. The predicted octanol–water partition coefficient (Wildman–Crippen LogP) is 7.58. The average molecular weight is 1090 g/mol. The highest BCUT2D eigenvalue weighted by molar-refractivity contribution is 7.22. The molecule has 3 fully saturated rings. The maximum Gasteiger partial charge on any atom is 0.358 e. The Balaban J connectivity index is 0.658. The predicted molar refractivity (Wildman–Crippen MR) is 306 cm³/mol. The fourth-order valence-corrected chi connectivity index (χ4v) is 12.2. The van der Waals surface area contributed by atoms with E-state index in [1.165, 1.54) is 11.3 Å². The van der Waals surface area contributed by atoms with E-state index < -0.39 is 17.5 Å². The van der Waals surface area contributed by atoms with Gasteiger partial charge in [0.15, 0.2) is 10.8 Å². The van der Waals surface area contributed by atoms with E-state index in [0.29, 0.717) is 99.5 Å². The first-order valence-corrected chi connectivity index (χ1v) is 28.2. The summed E-state index contributed by atoms with van der Waals surface area (Å²) < 4.78 is 15.1. The number of amides is 4. The molecule has 4 aromatic carbocycles. The highest BCUT2D eigenvalue weighted by Gasteiger charge is 2.34. The van der Waals surface area contributed by atoms with Gasteiger partial charge in [-0.15, -0.1) is 0 Å². The van der Waals surface area contributed by atoms with Gasteiger partial charge in [0.2, 0.25) is 17.7 Å². The number of carbonyl (C=O) groups is 5. The molecule has 3 aromatic heterocycles. The first-order valence-electron chi connectivity index (χ1n) is 27.4. The second kappa shape index (κ2) is 22.5. The summed E-state index contributed by atoms with van der Waals surface area (Å²) >= 11 is 1.44. The molecule has 4 amide bonds. The van der Waals surface area contributed by atoms with Gasteiger partial charge in [-0.2, -0.15) is 5.10 Å². The minimum atomic E-state index is -0.741. The third-order valence-corrected chi connectivity index (χ3v) is 16.4. The van der Waals surface area contributed by atoms with Crippen LogP contribution in [0.3, 0.4) is 0 Å². The Morgan fingerprint density at radius 3 is 2.35 bits per heavy atom. The molecule has 7 aromatic rings. The smallest absolute Gasteiger partial charge is 0.358 e. The Kier molecular flexibility index (Phi) is 15.2. The van der Waals surface area contributed by atoms with Crippen LogP contribution in [0.2, 0.25) is 0 Å². The molecule has 0 aliphatic carbocycles. The van der Waals surface area contributed by atoms with Crippen LogP contribution in [0.15, 0.2) is 91.0 Å². The molecule has 0 bridgehead atoms. The highest BCUT2D eigenvalue weighted by Crippen LogP contribution is 2.37. The van der Waals surface area contributed by atoms with Crippen molar-refractivity contribution in [3.8, 4) is 16.9 Å². The third kappa shape index (κ3) is 11.7. The summed E-state index contributed by atoms with van der Waals surface area (Å²) in [7, 11) is 1.89. The molecule has 410 valence electrons. The molecule has 1 atom stereocenters. The van der Waals surface area contributed by atoms with Crippen molar-refractivity contribution in [2.75, 3.05) is 93.7 Å². The zero-order valence-corrected chi connectivity index (χ0v) is 46.4. The molecule has 1 unspecified atom stereocenters. The molecule has 0 spiro atoms. The molecule has 11 rings (SSSR count). The lowest BCUT2D eigenvalue weighted by atomic mass is 9.92. The van der Waals surface area contributed by atoms with Crippen molar-refractivity contribution in [1.29, 1.82) is 0 Å². The van der Waals surface area contributed by atoms with E-state index in [4.69, 9.17) is 19.6 Å². The number of piperidine rings is 1. The Labute approximate surface area is 463 Å². The van der Waals surface area contributed by atoms with Crippen LogP contribution in [-0.2, 0) is 39.1 Å². The number of pyridine rings is 1. The molecular formula is C60H67N11O7S. The Bertz CT molecular complexity index is 3450. The van der Waals surface area contributed by atoms with Crippen LogP contribution >= 0.6 is 11.3 Å². The zero-order chi connectivity index (χ0) is 55.0. The van der Waals surface area contributed by atoms with Crippen LogP contribution in [0.4, 0.5) is 16.6 Å². The summed E-state index contributed by atoms with van der Waals surface area (Å²) in [5, 5.41) is 11.7. The van der Waals surface area contributed by atoms with Crippen molar-refractivity contribution in [1.82, 2.24) is 39.8 Å². The van der Waals surface area contributed by atoms with E-state index in [-0.39, 0.29) is 29.3 Å². The van der Waals surface area contributed by atoms with Gasteiger partial charge in [0, 0.05) is 102 Å². The molecule has 2 N–H and O–H groups in total. The largest absolute Gasteiger partial charge is 0.494 e. The summed E-state index contributed by atoms with van der Waals surface area (Å²) in [5.41, 5.74) is 8.06. The van der Waals surface area contributed by atoms with Gasteiger partial charge < -0.3 is 29.1 Å². The summed E-state index contributed by atoms with van der Waals surface area (Å²) in [4.78, 5) is 86.6. The van der Waals surface area contributed by atoms with Crippen LogP contribution in [0.25, 0.3) is 32.2 Å². The molecule has 7 heterocycles. The number of para-hydroxylation sites is 2. The van der Waals surface area contributed by atoms with Gasteiger partial charge in [-0.1, -0.05) is 53.8 Å². The number of esters is 1. The number of ether oxygens (including phenoxy) is 2. The number of nitrogens with one attached hydrogen (secondary N) is 2. The standard InChI is InChI=1S/C60H67N11O7S/c1-38-35-40(77-34-10-24-67-26-28-68(29-27-67)37-52(73)70-32-30-69(31-33-70)48-15-9-13-44-53(65-66(5)55(44)48)45-20-22-51(72)63-57(45)75)17-18-41(38)42-19-21-50(62-54(42)58(76)78-60(2,3)4)71-25-23-39-11-8-12-43(46(39)36-71)56(74)64-59-61-47-14-6-7-16-49(47)79-59/h6-9,11-19,21,35,45H,10,20,22-34,36-37H2,1-5H3,(H,61,64,74)(H,63,72,75). The summed E-state index contributed by atoms with van der Waals surface area (Å²) in [6.07, 6.45) is 2.30. The molecule has 0 saturated carbocycles. The van der Waals surface area contributed by atoms with E-state index in [1.54, 1.807) is 0 Å². The molecule has 0 radical (unpaired) electrons. The van der Waals surface area contributed by atoms with E-state index in [1.807, 2.05) is 123 Å². The normalized spacial score (nSPS) is 17.5. The van der Waals surface area contributed by atoms with Gasteiger partial charge in [0.25, 0.3) is 5.91 Å². The van der Waals surface area contributed by atoms with Crippen molar-refractivity contribution in [2.24, 2.45) is 7.05 Å². The number of carbonyl (C=O) groups excluding carboxylic acids is 5. The van der Waals surface area contributed by atoms with Crippen LogP contribution in [0, 0.1) is 6.92 Å². The number of thiazole rings is 1. The molecule has 19 heteroatoms. The maximum absolute atomic E-state index is 14.0. The van der Waals surface area contributed by atoms with Crippen LogP contribution in [0.5, 0.6) is 5.75 Å². The molecule has 18 nitrogen and oxygen atoms in total. The highest BCUT2D eigenvalue weighted by atomic mass is 32.1. The summed E-state index contributed by atoms with van der Waals surface area (Å²) in [6, 6.07) is 29.5. The second-order valence-electron chi connectivity index (χ2n) is 22.0. The van der Waals surface area contributed by atoms with Crippen molar-refractivity contribution >= 4 is 78.7 Å². The van der Waals surface area contributed by atoms with Crippen molar-refractivity contribution in [3.05, 3.63) is 125 Å². The maximum atomic E-state index is 14.0. The third-order valence-electron chi connectivity index (χ3n) is 15.4. The van der Waals surface area contributed by atoms with Gasteiger partial charge in [-0.05, 0) is 118 Å². The molecule has 79 heavy (non-hydrogen) atoms. The van der Waals surface area contributed by atoms with Crippen LogP contribution in [-0.4, -0.2) is 148 Å². The molecule has 4 aliphatic rings. The second-order valence-corrected chi connectivity index (χ2v) is 23.0. The number of nitrogens with zero attached hydrogens (tertiary/aromatic N) is 9. The summed E-state index contributed by atoms with van der Waals surface area (Å²) in [5.74, 6) is -0.207.